The van der Waals surface area contributed by atoms with Crippen LogP contribution in [0.1, 0.15) is 22.0 Å². The fraction of sp³-hybridized carbons (Fsp3) is 0.238. The van der Waals surface area contributed by atoms with E-state index in [9.17, 15) is 12.8 Å². The van der Waals surface area contributed by atoms with Crippen LogP contribution in [0.25, 0.3) is 0 Å². The second-order valence-corrected chi connectivity index (χ2v) is 9.61. The first kappa shape index (κ1) is 19.1. The lowest BCUT2D eigenvalue weighted by Gasteiger charge is -2.30. The average Bonchev–Trinajstić information content (AvgIpc) is 3.35. The molecule has 1 N–H and O–H groups in total. The molecule has 7 heteroatoms. The third-order valence-corrected chi connectivity index (χ3v) is 7.47. The van der Waals surface area contributed by atoms with E-state index in [1.165, 1.54) is 23.8 Å². The van der Waals surface area contributed by atoms with Crippen LogP contribution in [0.15, 0.2) is 64.9 Å². The number of thiophene rings is 1. The van der Waals surface area contributed by atoms with Crippen molar-refractivity contribution in [1.82, 2.24) is 4.72 Å². The summed E-state index contributed by atoms with van der Waals surface area (Å²) in [6.45, 7) is 2.65. The summed E-state index contributed by atoms with van der Waals surface area (Å²) < 4.78 is 41.8. The Morgan fingerprint density at radius 3 is 2.75 bits per heavy atom. The summed E-state index contributed by atoms with van der Waals surface area (Å²) in [6.07, 6.45) is 0.946. The molecule has 0 saturated carbocycles. The summed E-state index contributed by atoms with van der Waals surface area (Å²) in [5, 5.41) is 2.00. The zero-order valence-corrected chi connectivity index (χ0v) is 17.1. The smallest absolute Gasteiger partial charge is 0.240 e. The molecule has 4 rings (SSSR count). The number of rotatable bonds is 6. The number of para-hydroxylation sites is 1. The Morgan fingerprint density at radius 1 is 1.18 bits per heavy atom. The second kappa shape index (κ2) is 7.66. The number of hydrogen-bond acceptors (Lipinski definition) is 4. The number of benzene rings is 2. The van der Waals surface area contributed by atoms with Gasteiger partial charge in [-0.2, -0.15) is 0 Å². The van der Waals surface area contributed by atoms with Gasteiger partial charge < -0.3 is 4.90 Å². The van der Waals surface area contributed by atoms with Gasteiger partial charge in [0.15, 0.2) is 0 Å². The van der Waals surface area contributed by atoms with Gasteiger partial charge >= 0.3 is 0 Å². The van der Waals surface area contributed by atoms with Crippen molar-refractivity contribution in [3.05, 3.63) is 81.8 Å². The molecule has 0 saturated heterocycles. The van der Waals surface area contributed by atoms with Crippen molar-refractivity contribution >= 4 is 27.0 Å². The highest BCUT2D eigenvalue weighted by atomic mass is 32.2. The highest BCUT2D eigenvalue weighted by molar-refractivity contribution is 7.89. The van der Waals surface area contributed by atoms with E-state index in [0.717, 1.165) is 23.5 Å². The number of nitrogens with zero attached hydrogens (tertiary/aromatic N) is 1. The van der Waals surface area contributed by atoms with Crippen molar-refractivity contribution in [1.29, 1.82) is 0 Å². The normalized spacial score (nSPS) is 14.9. The van der Waals surface area contributed by atoms with E-state index in [1.54, 1.807) is 18.3 Å². The molecule has 0 fully saturated rings. The van der Waals surface area contributed by atoms with Crippen molar-refractivity contribution in [2.45, 2.75) is 24.3 Å². The molecular weight excluding hydrogens is 395 g/mol. The van der Waals surface area contributed by atoms with Crippen molar-refractivity contribution in [3.8, 4) is 0 Å². The highest BCUT2D eigenvalue weighted by Gasteiger charge is 2.29. The molecule has 0 aliphatic carbocycles. The Balaban J connectivity index is 1.60. The third kappa shape index (κ3) is 3.70. The van der Waals surface area contributed by atoms with E-state index in [0.29, 0.717) is 5.56 Å². The molecule has 2 heterocycles. The molecule has 0 amide bonds. The van der Waals surface area contributed by atoms with Gasteiger partial charge in [0.05, 0.1) is 10.9 Å². The SMILES string of the molecule is Cc1cc(S(=O)(=O)NC[C@@H](c2cccs2)N2CCc3ccccc32)ccc1F. The van der Waals surface area contributed by atoms with Crippen LogP contribution < -0.4 is 9.62 Å². The van der Waals surface area contributed by atoms with E-state index in [-0.39, 0.29) is 17.5 Å². The molecular formula is C21H21FN2O2S2. The average molecular weight is 417 g/mol. The van der Waals surface area contributed by atoms with Gasteiger partial charge in [-0.15, -0.1) is 11.3 Å². The summed E-state index contributed by atoms with van der Waals surface area (Å²) in [5.41, 5.74) is 2.74. The van der Waals surface area contributed by atoms with Crippen LogP contribution in [0.2, 0.25) is 0 Å². The second-order valence-electron chi connectivity index (χ2n) is 6.87. The first-order chi connectivity index (χ1) is 13.5. The molecule has 1 aromatic heterocycles. The molecule has 0 bridgehead atoms. The molecule has 146 valence electrons. The lowest BCUT2D eigenvalue weighted by molar-refractivity contribution is 0.564. The van der Waals surface area contributed by atoms with Gasteiger partial charge in [-0.05, 0) is 60.2 Å². The molecule has 0 spiro atoms. The Kier molecular flexibility index (Phi) is 5.23. The molecule has 28 heavy (non-hydrogen) atoms. The Bertz CT molecular complexity index is 1080. The third-order valence-electron chi connectivity index (χ3n) is 5.08. The van der Waals surface area contributed by atoms with Crippen LogP contribution in [-0.4, -0.2) is 21.5 Å². The maximum atomic E-state index is 13.5. The van der Waals surface area contributed by atoms with Gasteiger partial charge in [0.2, 0.25) is 10.0 Å². The monoisotopic (exact) mass is 416 g/mol. The predicted octanol–water partition coefficient (Wildman–Crippen LogP) is 4.28. The lowest BCUT2D eigenvalue weighted by Crippen LogP contribution is -2.37. The van der Waals surface area contributed by atoms with Crippen molar-refractivity contribution < 1.29 is 12.8 Å². The van der Waals surface area contributed by atoms with Gasteiger partial charge in [-0.25, -0.2) is 17.5 Å². The van der Waals surface area contributed by atoms with Crippen molar-refractivity contribution in [3.63, 3.8) is 0 Å². The molecule has 1 aliphatic heterocycles. The summed E-state index contributed by atoms with van der Waals surface area (Å²) in [6, 6.07) is 16.0. The molecule has 1 atom stereocenters. The number of hydrogen-bond donors (Lipinski definition) is 1. The predicted molar refractivity (Wildman–Crippen MR) is 111 cm³/mol. The van der Waals surface area contributed by atoms with Gasteiger partial charge in [-0.3, -0.25) is 0 Å². The summed E-state index contributed by atoms with van der Waals surface area (Å²) >= 11 is 1.62. The maximum absolute atomic E-state index is 13.5. The topological polar surface area (TPSA) is 49.4 Å². The first-order valence-corrected chi connectivity index (χ1v) is 11.5. The van der Waals surface area contributed by atoms with Gasteiger partial charge in [0, 0.05) is 23.7 Å². The zero-order valence-electron chi connectivity index (χ0n) is 15.4. The number of nitrogens with one attached hydrogen (secondary N) is 1. The van der Waals surface area contributed by atoms with E-state index < -0.39 is 15.8 Å². The van der Waals surface area contributed by atoms with Gasteiger partial charge in [0.25, 0.3) is 0 Å². The van der Waals surface area contributed by atoms with Crippen LogP contribution in [0.3, 0.4) is 0 Å². The summed E-state index contributed by atoms with van der Waals surface area (Å²) in [7, 11) is -3.73. The number of halogens is 1. The van der Waals surface area contributed by atoms with Gasteiger partial charge in [-0.1, -0.05) is 24.3 Å². The van der Waals surface area contributed by atoms with E-state index in [4.69, 9.17) is 0 Å². The minimum Gasteiger partial charge on any atom is -0.362 e. The highest BCUT2D eigenvalue weighted by Crippen LogP contribution is 2.36. The van der Waals surface area contributed by atoms with Crippen LogP contribution >= 0.6 is 11.3 Å². The maximum Gasteiger partial charge on any atom is 0.240 e. The minimum absolute atomic E-state index is 0.0816. The zero-order chi connectivity index (χ0) is 19.7. The quantitative estimate of drug-likeness (QED) is 0.653. The van der Waals surface area contributed by atoms with Gasteiger partial charge in [0.1, 0.15) is 5.82 Å². The largest absolute Gasteiger partial charge is 0.362 e. The first-order valence-electron chi connectivity index (χ1n) is 9.09. The molecule has 1 aliphatic rings. The molecule has 3 aromatic rings. The summed E-state index contributed by atoms with van der Waals surface area (Å²) in [4.78, 5) is 3.45. The van der Waals surface area contributed by atoms with Crippen LogP contribution in [-0.2, 0) is 16.4 Å². The van der Waals surface area contributed by atoms with Crippen LogP contribution in [0, 0.1) is 12.7 Å². The molecule has 4 nitrogen and oxygen atoms in total. The van der Waals surface area contributed by atoms with Crippen LogP contribution in [0.4, 0.5) is 10.1 Å². The Labute approximate surface area is 168 Å². The standard InChI is InChI=1S/C21H21FN2O2S2/c1-15-13-17(8-9-18(15)22)28(25,26)23-14-20(21-7-4-12-27-21)24-11-10-16-5-2-3-6-19(16)24/h2-9,12-13,20,23H,10-11,14H2,1H3/t20-/m0/s1. The number of fused-ring (bicyclic) bond motifs is 1. The molecule has 2 aromatic carbocycles. The lowest BCUT2D eigenvalue weighted by atomic mass is 10.1. The van der Waals surface area contributed by atoms with E-state index in [2.05, 4.69) is 21.8 Å². The number of anilines is 1. The Morgan fingerprint density at radius 2 is 2.00 bits per heavy atom. The molecule has 0 radical (unpaired) electrons. The van der Waals surface area contributed by atoms with E-state index >= 15 is 0 Å². The Hall–Kier alpha value is -2.22. The summed E-state index contributed by atoms with van der Waals surface area (Å²) in [5.74, 6) is -0.413. The number of sulfonamides is 1. The van der Waals surface area contributed by atoms with E-state index in [1.807, 2.05) is 29.6 Å². The van der Waals surface area contributed by atoms with Crippen molar-refractivity contribution in [2.24, 2.45) is 0 Å². The number of aryl methyl sites for hydroxylation is 1. The fourth-order valence-corrected chi connectivity index (χ4v) is 5.55. The van der Waals surface area contributed by atoms with Crippen molar-refractivity contribution in [2.75, 3.05) is 18.0 Å². The van der Waals surface area contributed by atoms with Crippen LogP contribution in [0.5, 0.6) is 0 Å². The fourth-order valence-electron chi connectivity index (χ4n) is 3.59. The molecule has 0 unspecified atom stereocenters. The minimum atomic E-state index is -3.73.